The highest BCUT2D eigenvalue weighted by Gasteiger charge is 2.30. The van der Waals surface area contributed by atoms with E-state index in [1.54, 1.807) is 13.3 Å². The Hall–Kier alpha value is -3.73. The van der Waals surface area contributed by atoms with E-state index >= 15 is 0 Å². The number of hydrogen-bond donors (Lipinski definition) is 2. The normalized spacial score (nSPS) is 20.8. The minimum absolute atomic E-state index is 0.108. The van der Waals surface area contributed by atoms with Crippen LogP contribution in [0, 0.1) is 0 Å². The summed E-state index contributed by atoms with van der Waals surface area (Å²) in [7, 11) is 3.81. The summed E-state index contributed by atoms with van der Waals surface area (Å²) in [6.45, 7) is 7.00. The number of aromatic nitrogens is 2. The number of anilines is 3. The number of methoxy groups -OCH3 is 1. The molecule has 1 aromatic heterocycles. The van der Waals surface area contributed by atoms with E-state index in [0.29, 0.717) is 32.3 Å². The van der Waals surface area contributed by atoms with Gasteiger partial charge in [0.05, 0.1) is 32.1 Å². The van der Waals surface area contributed by atoms with Crippen LogP contribution < -0.4 is 20.3 Å². The number of carbonyl (C=O) groups excluding carboxylic acids is 1. The molecule has 2 fully saturated rings. The van der Waals surface area contributed by atoms with Gasteiger partial charge in [-0.15, -0.1) is 0 Å². The second-order valence-electron chi connectivity index (χ2n) is 11.4. The number of hydrogen-bond acceptors (Lipinski definition) is 9. The lowest BCUT2D eigenvalue weighted by atomic mass is 10.1. The maximum absolute atomic E-state index is 13.3. The highest BCUT2D eigenvalue weighted by atomic mass is 16.5. The molecule has 10 heteroatoms. The van der Waals surface area contributed by atoms with E-state index in [-0.39, 0.29) is 11.9 Å². The van der Waals surface area contributed by atoms with Crippen LogP contribution in [-0.4, -0.2) is 91.8 Å². The average Bonchev–Trinajstić information content (AvgIpc) is 3.47. The predicted molar refractivity (Wildman–Crippen MR) is 164 cm³/mol. The first-order chi connectivity index (χ1) is 20.6. The SMILES string of the molecule is COc1ccc2cc1CN(C)CCCNC(=O)[C@@H]1CCCN1Cc1cc(cc(N3CCOCC3)c1)Nc1nccc-2n1. The van der Waals surface area contributed by atoms with Crippen molar-refractivity contribution in [2.24, 2.45) is 0 Å². The fourth-order valence-corrected chi connectivity index (χ4v) is 6.21. The third kappa shape index (κ3) is 6.67. The molecule has 6 bridgehead atoms. The Morgan fingerprint density at radius 1 is 1.00 bits per heavy atom. The molecule has 4 heterocycles. The molecule has 6 rings (SSSR count). The Kier molecular flexibility index (Phi) is 8.83. The van der Waals surface area contributed by atoms with Gasteiger partial charge in [-0.05, 0) is 87.4 Å². The highest BCUT2D eigenvalue weighted by Crippen LogP contribution is 2.30. The Bertz CT molecular complexity index is 1390. The van der Waals surface area contributed by atoms with Gasteiger partial charge < -0.3 is 29.9 Å². The molecule has 0 saturated carbocycles. The molecule has 1 atom stereocenters. The zero-order valence-electron chi connectivity index (χ0n) is 24.6. The molecule has 2 aromatic carbocycles. The predicted octanol–water partition coefficient (Wildman–Crippen LogP) is 3.65. The van der Waals surface area contributed by atoms with Gasteiger partial charge in [0.25, 0.3) is 0 Å². The molecule has 2 N–H and O–H groups in total. The quantitative estimate of drug-likeness (QED) is 0.478. The van der Waals surface area contributed by atoms with Crippen LogP contribution >= 0.6 is 0 Å². The fourth-order valence-electron chi connectivity index (χ4n) is 6.21. The van der Waals surface area contributed by atoms with Gasteiger partial charge in [-0.1, -0.05) is 0 Å². The maximum Gasteiger partial charge on any atom is 0.237 e. The summed E-state index contributed by atoms with van der Waals surface area (Å²) in [5, 5.41) is 6.70. The lowest BCUT2D eigenvalue weighted by Crippen LogP contribution is -2.43. The van der Waals surface area contributed by atoms with Gasteiger partial charge in [0.15, 0.2) is 0 Å². The Morgan fingerprint density at radius 3 is 2.74 bits per heavy atom. The minimum Gasteiger partial charge on any atom is -0.496 e. The van der Waals surface area contributed by atoms with Crippen molar-refractivity contribution in [1.82, 2.24) is 25.1 Å². The van der Waals surface area contributed by atoms with Crippen LogP contribution in [0.25, 0.3) is 11.3 Å². The van der Waals surface area contributed by atoms with Crippen LogP contribution in [0.15, 0.2) is 48.7 Å². The third-order valence-electron chi connectivity index (χ3n) is 8.35. The van der Waals surface area contributed by atoms with Crippen molar-refractivity contribution >= 4 is 23.2 Å². The molecule has 3 aliphatic rings. The van der Waals surface area contributed by atoms with Crippen molar-refractivity contribution < 1.29 is 14.3 Å². The van der Waals surface area contributed by atoms with E-state index in [4.69, 9.17) is 14.5 Å². The second-order valence-corrected chi connectivity index (χ2v) is 11.4. The first kappa shape index (κ1) is 28.4. The number of nitrogens with zero attached hydrogens (tertiary/aromatic N) is 5. The van der Waals surface area contributed by atoms with E-state index in [0.717, 1.165) is 91.5 Å². The molecule has 0 radical (unpaired) electrons. The molecule has 42 heavy (non-hydrogen) atoms. The summed E-state index contributed by atoms with van der Waals surface area (Å²) >= 11 is 0. The second kappa shape index (κ2) is 13.1. The number of fused-ring (bicyclic) bond motifs is 8. The molecular weight excluding hydrogens is 530 g/mol. The van der Waals surface area contributed by atoms with Crippen LogP contribution in [0.1, 0.15) is 30.4 Å². The van der Waals surface area contributed by atoms with Crippen molar-refractivity contribution in [2.75, 3.05) is 70.3 Å². The number of morpholine rings is 1. The summed E-state index contributed by atoms with van der Waals surface area (Å²) in [6, 6.07) is 14.6. The fraction of sp³-hybridized carbons (Fsp3) is 0.469. The summed E-state index contributed by atoms with van der Waals surface area (Å²) < 4.78 is 11.3. The molecule has 3 aliphatic heterocycles. The lowest BCUT2D eigenvalue weighted by Gasteiger charge is -2.30. The topological polar surface area (TPSA) is 95.1 Å². The van der Waals surface area contributed by atoms with Crippen LogP contribution in [0.4, 0.5) is 17.3 Å². The van der Waals surface area contributed by atoms with Gasteiger partial charge in [0.2, 0.25) is 11.9 Å². The largest absolute Gasteiger partial charge is 0.496 e. The van der Waals surface area contributed by atoms with Crippen LogP contribution in [-0.2, 0) is 22.6 Å². The van der Waals surface area contributed by atoms with Crippen molar-refractivity contribution in [3.05, 3.63) is 59.8 Å². The molecule has 2 saturated heterocycles. The molecule has 3 aromatic rings. The Morgan fingerprint density at radius 2 is 1.88 bits per heavy atom. The van der Waals surface area contributed by atoms with E-state index < -0.39 is 0 Å². The monoisotopic (exact) mass is 571 g/mol. The molecule has 222 valence electrons. The van der Waals surface area contributed by atoms with Crippen molar-refractivity contribution in [1.29, 1.82) is 0 Å². The lowest BCUT2D eigenvalue weighted by molar-refractivity contribution is -0.125. The number of amides is 1. The van der Waals surface area contributed by atoms with Crippen LogP contribution in [0.2, 0.25) is 0 Å². The zero-order valence-corrected chi connectivity index (χ0v) is 24.6. The summed E-state index contributed by atoms with van der Waals surface area (Å²) in [5.41, 5.74) is 6.18. The standard InChI is InChI=1S/C32H41N7O3/c1-37-11-4-9-33-31(40)29-5-3-12-39(29)21-23-17-26(20-27(18-23)38-13-15-42-16-14-38)35-32-34-10-8-28(36-32)24-6-7-30(41-2)25(19-24)22-37/h6-8,10,17-20,29H,3-5,9,11-16,21-22H2,1-2H3,(H,33,40)(H,34,35,36)/t29-/m0/s1. The average molecular weight is 572 g/mol. The number of benzene rings is 2. The molecule has 10 nitrogen and oxygen atoms in total. The molecular formula is C32H41N7O3. The van der Waals surface area contributed by atoms with Gasteiger partial charge in [-0.3, -0.25) is 9.69 Å². The van der Waals surface area contributed by atoms with Crippen LogP contribution in [0.3, 0.4) is 0 Å². The first-order valence-corrected chi connectivity index (χ1v) is 15.0. The summed E-state index contributed by atoms with van der Waals surface area (Å²) in [6.07, 6.45) is 4.59. The van der Waals surface area contributed by atoms with E-state index in [9.17, 15) is 4.79 Å². The molecule has 0 spiro atoms. The molecule has 1 amide bonds. The number of rotatable bonds is 2. The number of nitrogens with one attached hydrogen (secondary N) is 2. The smallest absolute Gasteiger partial charge is 0.237 e. The Labute approximate surface area is 248 Å². The summed E-state index contributed by atoms with van der Waals surface area (Å²) in [4.78, 5) is 29.6. The van der Waals surface area contributed by atoms with Crippen molar-refractivity contribution in [3.63, 3.8) is 0 Å². The van der Waals surface area contributed by atoms with Gasteiger partial charge in [0, 0.05) is 61.4 Å². The third-order valence-corrected chi connectivity index (χ3v) is 8.35. The minimum atomic E-state index is -0.108. The summed E-state index contributed by atoms with van der Waals surface area (Å²) in [5.74, 6) is 1.52. The van der Waals surface area contributed by atoms with Crippen molar-refractivity contribution in [3.8, 4) is 17.0 Å². The first-order valence-electron chi connectivity index (χ1n) is 15.0. The maximum atomic E-state index is 13.3. The van der Waals surface area contributed by atoms with Gasteiger partial charge in [-0.2, -0.15) is 0 Å². The van der Waals surface area contributed by atoms with E-state index in [1.807, 2.05) is 18.2 Å². The van der Waals surface area contributed by atoms with Crippen molar-refractivity contribution in [2.45, 2.75) is 38.4 Å². The number of carbonyl (C=O) groups is 1. The van der Waals surface area contributed by atoms with Gasteiger partial charge in [-0.25, -0.2) is 9.97 Å². The highest BCUT2D eigenvalue weighted by molar-refractivity contribution is 5.82. The van der Waals surface area contributed by atoms with Gasteiger partial charge >= 0.3 is 0 Å². The van der Waals surface area contributed by atoms with Gasteiger partial charge in [0.1, 0.15) is 5.75 Å². The molecule has 0 unspecified atom stereocenters. The Balaban J connectivity index is 1.36. The van der Waals surface area contributed by atoms with Crippen LogP contribution in [0.5, 0.6) is 5.75 Å². The van der Waals surface area contributed by atoms with E-state index in [1.165, 1.54) is 0 Å². The number of ether oxygens (including phenoxy) is 2. The van der Waals surface area contributed by atoms with E-state index in [2.05, 4.69) is 61.6 Å². The molecule has 0 aliphatic carbocycles. The zero-order chi connectivity index (χ0) is 28.9.